The second kappa shape index (κ2) is 7.75. The molecule has 1 aliphatic heterocycles. The third kappa shape index (κ3) is 4.54. The molecule has 0 bridgehead atoms. The molecule has 0 unspecified atom stereocenters. The molecule has 130 valence electrons. The van der Waals surface area contributed by atoms with Crippen LogP contribution in [0.3, 0.4) is 0 Å². The number of halogens is 1. The zero-order valence-corrected chi connectivity index (χ0v) is 13.8. The van der Waals surface area contributed by atoms with Crippen molar-refractivity contribution in [3.8, 4) is 0 Å². The summed E-state index contributed by atoms with van der Waals surface area (Å²) < 4.78 is 12.8. The number of amides is 2. The van der Waals surface area contributed by atoms with Crippen LogP contribution in [0, 0.1) is 5.82 Å². The summed E-state index contributed by atoms with van der Waals surface area (Å²) in [5, 5.41) is 2.72. The molecule has 6 heteroatoms. The normalized spacial score (nSPS) is 19.0. The average Bonchev–Trinajstić information content (AvgIpc) is 3.41. The van der Waals surface area contributed by atoms with Gasteiger partial charge < -0.3 is 10.2 Å². The van der Waals surface area contributed by atoms with Gasteiger partial charge in [0.1, 0.15) is 5.82 Å². The van der Waals surface area contributed by atoms with Gasteiger partial charge >= 0.3 is 0 Å². The predicted molar refractivity (Wildman–Crippen MR) is 89.1 cm³/mol. The van der Waals surface area contributed by atoms with Crippen molar-refractivity contribution in [1.82, 2.24) is 15.1 Å². The molecule has 1 aliphatic carbocycles. The minimum atomic E-state index is -0.372. The molecule has 0 aromatic heterocycles. The van der Waals surface area contributed by atoms with Crippen molar-refractivity contribution < 1.29 is 14.0 Å². The van der Waals surface area contributed by atoms with Gasteiger partial charge in [-0.15, -0.1) is 0 Å². The van der Waals surface area contributed by atoms with Gasteiger partial charge in [0.2, 0.25) is 5.91 Å². The quantitative estimate of drug-likeness (QED) is 0.891. The van der Waals surface area contributed by atoms with Gasteiger partial charge in [0.25, 0.3) is 5.91 Å². The summed E-state index contributed by atoms with van der Waals surface area (Å²) >= 11 is 0. The van der Waals surface area contributed by atoms with Crippen molar-refractivity contribution in [2.75, 3.05) is 32.7 Å². The number of hydrogen-bond donors (Lipinski definition) is 1. The van der Waals surface area contributed by atoms with E-state index in [-0.39, 0.29) is 17.6 Å². The molecule has 0 radical (unpaired) electrons. The number of nitrogens with one attached hydrogen (secondary N) is 1. The molecule has 1 aromatic rings. The fourth-order valence-electron chi connectivity index (χ4n) is 3.14. The Balaban J connectivity index is 1.40. The van der Waals surface area contributed by atoms with Gasteiger partial charge in [0.15, 0.2) is 0 Å². The number of carbonyl (C=O) groups excluding carboxylic acids is 2. The summed E-state index contributed by atoms with van der Waals surface area (Å²) in [5.74, 6) is -0.561. The van der Waals surface area contributed by atoms with E-state index in [0.29, 0.717) is 18.5 Å². The van der Waals surface area contributed by atoms with Crippen LogP contribution in [0.25, 0.3) is 0 Å². The fourth-order valence-corrected chi connectivity index (χ4v) is 3.14. The smallest absolute Gasteiger partial charge is 0.251 e. The topological polar surface area (TPSA) is 52.7 Å². The van der Waals surface area contributed by atoms with E-state index in [4.69, 9.17) is 0 Å². The van der Waals surface area contributed by atoms with E-state index >= 15 is 0 Å². The largest absolute Gasteiger partial charge is 0.352 e. The van der Waals surface area contributed by atoms with E-state index in [1.54, 1.807) is 0 Å². The number of hydrogen-bond acceptors (Lipinski definition) is 3. The van der Waals surface area contributed by atoms with Crippen LogP contribution in [0.4, 0.5) is 4.39 Å². The standard InChI is InChI=1S/C18H24FN3O2/c19-15-4-2-14(3-5-15)18(24)20-9-8-17(23)22-11-1-10-21(12-13-22)16-6-7-16/h2-5,16H,1,6-13H2,(H,20,24). The minimum absolute atomic E-state index is 0.0899. The van der Waals surface area contributed by atoms with Gasteiger partial charge in [-0.1, -0.05) is 0 Å². The van der Waals surface area contributed by atoms with E-state index in [9.17, 15) is 14.0 Å². The van der Waals surface area contributed by atoms with Crippen LogP contribution < -0.4 is 5.32 Å². The maximum Gasteiger partial charge on any atom is 0.251 e. The molecular weight excluding hydrogens is 309 g/mol. The summed E-state index contributed by atoms with van der Waals surface area (Å²) in [4.78, 5) is 28.6. The molecule has 2 amide bonds. The maximum absolute atomic E-state index is 12.8. The maximum atomic E-state index is 12.8. The lowest BCUT2D eigenvalue weighted by atomic mass is 10.2. The van der Waals surface area contributed by atoms with Crippen LogP contribution >= 0.6 is 0 Å². The Labute approximate surface area is 141 Å². The van der Waals surface area contributed by atoms with Gasteiger partial charge in [-0.2, -0.15) is 0 Å². The zero-order valence-electron chi connectivity index (χ0n) is 13.8. The monoisotopic (exact) mass is 333 g/mol. The first-order valence-corrected chi connectivity index (χ1v) is 8.69. The highest BCUT2D eigenvalue weighted by molar-refractivity contribution is 5.94. The lowest BCUT2D eigenvalue weighted by Gasteiger charge is -2.22. The Hall–Kier alpha value is -1.95. The third-order valence-corrected chi connectivity index (χ3v) is 4.68. The summed E-state index contributed by atoms with van der Waals surface area (Å²) in [6.07, 6.45) is 3.91. The molecule has 1 saturated carbocycles. The predicted octanol–water partition coefficient (Wildman–Crippen LogP) is 1.64. The molecule has 1 aromatic carbocycles. The molecule has 1 saturated heterocycles. The van der Waals surface area contributed by atoms with Crippen LogP contribution in [-0.2, 0) is 4.79 Å². The molecule has 24 heavy (non-hydrogen) atoms. The van der Waals surface area contributed by atoms with Crippen molar-refractivity contribution in [3.63, 3.8) is 0 Å². The number of carbonyl (C=O) groups is 2. The SMILES string of the molecule is O=C(NCCC(=O)N1CCCN(C2CC2)CC1)c1ccc(F)cc1. The highest BCUT2D eigenvalue weighted by atomic mass is 19.1. The van der Waals surface area contributed by atoms with E-state index in [2.05, 4.69) is 10.2 Å². The minimum Gasteiger partial charge on any atom is -0.352 e. The molecule has 0 atom stereocenters. The van der Waals surface area contributed by atoms with Crippen molar-refractivity contribution in [1.29, 1.82) is 0 Å². The number of rotatable bonds is 5. The third-order valence-electron chi connectivity index (χ3n) is 4.68. The van der Waals surface area contributed by atoms with Crippen molar-refractivity contribution in [3.05, 3.63) is 35.6 Å². The summed E-state index contributed by atoms with van der Waals surface area (Å²) in [6, 6.07) is 6.13. The Kier molecular flexibility index (Phi) is 5.45. The van der Waals surface area contributed by atoms with Gasteiger partial charge in [-0.3, -0.25) is 14.5 Å². The highest BCUT2D eigenvalue weighted by Crippen LogP contribution is 2.27. The zero-order chi connectivity index (χ0) is 16.9. The molecule has 5 nitrogen and oxygen atoms in total. The Morgan fingerprint density at radius 2 is 1.83 bits per heavy atom. The van der Waals surface area contributed by atoms with Crippen molar-refractivity contribution >= 4 is 11.8 Å². The number of nitrogens with zero attached hydrogens (tertiary/aromatic N) is 2. The lowest BCUT2D eigenvalue weighted by Crippen LogP contribution is -2.37. The average molecular weight is 333 g/mol. The van der Waals surface area contributed by atoms with Crippen LogP contribution in [0.2, 0.25) is 0 Å². The van der Waals surface area contributed by atoms with Gasteiger partial charge in [0, 0.05) is 50.7 Å². The van der Waals surface area contributed by atoms with Crippen LogP contribution in [0.5, 0.6) is 0 Å². The number of benzene rings is 1. The van der Waals surface area contributed by atoms with Crippen molar-refractivity contribution in [2.45, 2.75) is 31.7 Å². The van der Waals surface area contributed by atoms with Crippen LogP contribution in [0.1, 0.15) is 36.0 Å². The fraction of sp³-hybridized carbons (Fsp3) is 0.556. The second-order valence-electron chi connectivity index (χ2n) is 6.51. The molecular formula is C18H24FN3O2. The van der Waals surface area contributed by atoms with Crippen LogP contribution in [0.15, 0.2) is 24.3 Å². The second-order valence-corrected chi connectivity index (χ2v) is 6.51. The van der Waals surface area contributed by atoms with E-state index in [0.717, 1.165) is 38.6 Å². The van der Waals surface area contributed by atoms with Crippen molar-refractivity contribution in [2.24, 2.45) is 0 Å². The van der Waals surface area contributed by atoms with Gasteiger partial charge in [-0.05, 0) is 43.5 Å². The van der Waals surface area contributed by atoms with Crippen LogP contribution in [-0.4, -0.2) is 60.4 Å². The van der Waals surface area contributed by atoms with Gasteiger partial charge in [0.05, 0.1) is 0 Å². The van der Waals surface area contributed by atoms with E-state index < -0.39 is 0 Å². The summed E-state index contributed by atoms with van der Waals surface area (Å²) in [7, 11) is 0. The Morgan fingerprint density at radius 1 is 1.08 bits per heavy atom. The molecule has 3 rings (SSSR count). The molecule has 2 aliphatic rings. The highest BCUT2D eigenvalue weighted by Gasteiger charge is 2.30. The van der Waals surface area contributed by atoms with Gasteiger partial charge in [-0.25, -0.2) is 4.39 Å². The Morgan fingerprint density at radius 3 is 2.54 bits per heavy atom. The Bertz CT molecular complexity index is 586. The summed E-state index contributed by atoms with van der Waals surface area (Å²) in [5.41, 5.74) is 0.402. The van der Waals surface area contributed by atoms with E-state index in [1.807, 2.05) is 4.90 Å². The molecule has 2 fully saturated rings. The van der Waals surface area contributed by atoms with E-state index in [1.165, 1.54) is 37.1 Å². The molecule has 1 heterocycles. The molecule has 1 N–H and O–H groups in total. The summed E-state index contributed by atoms with van der Waals surface area (Å²) in [6.45, 7) is 3.92. The lowest BCUT2D eigenvalue weighted by molar-refractivity contribution is -0.130. The first kappa shape index (κ1) is 16.9. The first-order valence-electron chi connectivity index (χ1n) is 8.69. The molecule has 0 spiro atoms. The first-order chi connectivity index (χ1) is 11.6.